The molecule has 23 heavy (non-hydrogen) atoms. The Balaban J connectivity index is 1.73. The van der Waals surface area contributed by atoms with Crippen molar-refractivity contribution in [3.05, 3.63) is 47.8 Å². The molecule has 2 N–H and O–H groups in total. The maximum absolute atomic E-state index is 13.7. The van der Waals surface area contributed by atoms with Crippen LogP contribution in [0.4, 0.5) is 13.2 Å². The first kappa shape index (κ1) is 15.5. The van der Waals surface area contributed by atoms with Crippen LogP contribution in [0, 0.1) is 11.6 Å². The molecule has 5 nitrogen and oxygen atoms in total. The molecule has 1 amide bonds. The highest BCUT2D eigenvalue weighted by Crippen LogP contribution is 2.13. The van der Waals surface area contributed by atoms with E-state index in [4.69, 9.17) is 0 Å². The van der Waals surface area contributed by atoms with E-state index in [1.54, 1.807) is 0 Å². The minimum Gasteiger partial charge on any atom is -0.345 e. The zero-order valence-electron chi connectivity index (χ0n) is 12.1. The summed E-state index contributed by atoms with van der Waals surface area (Å²) in [4.78, 5) is 12.1. The molecule has 0 radical (unpaired) electrons. The van der Waals surface area contributed by atoms with Crippen LogP contribution in [-0.4, -0.2) is 41.0 Å². The van der Waals surface area contributed by atoms with E-state index < -0.39 is 29.8 Å². The fourth-order valence-corrected chi connectivity index (χ4v) is 2.44. The summed E-state index contributed by atoms with van der Waals surface area (Å²) in [5.74, 6) is -2.46. The SMILES string of the molecule is O=C(NC1CCNCC1F)c1ccn(-c2ccc(F)c(F)c2)n1. The second-order valence-electron chi connectivity index (χ2n) is 5.33. The molecule has 1 fully saturated rings. The molecule has 0 aliphatic carbocycles. The lowest BCUT2D eigenvalue weighted by molar-refractivity contribution is 0.0887. The van der Waals surface area contributed by atoms with Gasteiger partial charge in [-0.25, -0.2) is 17.9 Å². The highest BCUT2D eigenvalue weighted by molar-refractivity contribution is 5.92. The Morgan fingerprint density at radius 3 is 2.87 bits per heavy atom. The molecule has 2 unspecified atom stereocenters. The minimum absolute atomic E-state index is 0.0838. The Bertz CT molecular complexity index is 718. The van der Waals surface area contributed by atoms with Crippen molar-refractivity contribution in [2.75, 3.05) is 13.1 Å². The first-order valence-corrected chi connectivity index (χ1v) is 7.21. The van der Waals surface area contributed by atoms with Gasteiger partial charge in [-0.2, -0.15) is 5.10 Å². The summed E-state index contributed by atoms with van der Waals surface area (Å²) in [5.41, 5.74) is 0.369. The van der Waals surface area contributed by atoms with Crippen LogP contribution in [0.15, 0.2) is 30.5 Å². The molecule has 0 bridgehead atoms. The molecule has 1 aromatic heterocycles. The Labute approximate surface area is 130 Å². The summed E-state index contributed by atoms with van der Waals surface area (Å²) in [7, 11) is 0. The third kappa shape index (κ3) is 3.37. The number of amides is 1. The molecule has 1 aliphatic rings. The Morgan fingerprint density at radius 2 is 2.13 bits per heavy atom. The standard InChI is InChI=1S/C15H15F3N4O/c16-10-2-1-9(7-11(10)17)22-6-4-14(21-22)15(23)20-13-3-5-19-8-12(13)18/h1-2,4,6-7,12-13,19H,3,5,8H2,(H,20,23). The third-order valence-corrected chi connectivity index (χ3v) is 3.71. The van der Waals surface area contributed by atoms with Gasteiger partial charge in [0.2, 0.25) is 0 Å². The molecule has 1 saturated heterocycles. The summed E-state index contributed by atoms with van der Waals surface area (Å²) in [5, 5.41) is 9.53. The van der Waals surface area contributed by atoms with Gasteiger partial charge in [-0.3, -0.25) is 4.79 Å². The second-order valence-corrected chi connectivity index (χ2v) is 5.33. The van der Waals surface area contributed by atoms with Gasteiger partial charge >= 0.3 is 0 Å². The Kier molecular flexibility index (Phi) is 4.33. The maximum atomic E-state index is 13.7. The molecule has 0 spiro atoms. The normalized spacial score (nSPS) is 21.2. The van der Waals surface area contributed by atoms with E-state index in [1.807, 2.05) is 0 Å². The van der Waals surface area contributed by atoms with Crippen molar-refractivity contribution in [2.24, 2.45) is 0 Å². The topological polar surface area (TPSA) is 59.0 Å². The lowest BCUT2D eigenvalue weighted by Crippen LogP contribution is -2.50. The number of halogens is 3. The number of rotatable bonds is 3. The fraction of sp³-hybridized carbons (Fsp3) is 0.333. The van der Waals surface area contributed by atoms with Crippen LogP contribution < -0.4 is 10.6 Å². The molecular formula is C15H15F3N4O. The van der Waals surface area contributed by atoms with Crippen LogP contribution in [0.3, 0.4) is 0 Å². The summed E-state index contributed by atoms with van der Waals surface area (Å²) in [6, 6.07) is 4.18. The highest BCUT2D eigenvalue weighted by atomic mass is 19.2. The van der Waals surface area contributed by atoms with Crippen LogP contribution in [0.1, 0.15) is 16.9 Å². The number of hydrogen-bond acceptors (Lipinski definition) is 3. The van der Waals surface area contributed by atoms with Crippen molar-refractivity contribution in [1.29, 1.82) is 0 Å². The van der Waals surface area contributed by atoms with E-state index >= 15 is 0 Å². The monoisotopic (exact) mass is 324 g/mol. The molecule has 8 heteroatoms. The number of hydrogen-bond donors (Lipinski definition) is 2. The van der Waals surface area contributed by atoms with E-state index in [1.165, 1.54) is 23.0 Å². The van der Waals surface area contributed by atoms with Crippen molar-refractivity contribution >= 4 is 5.91 Å². The van der Waals surface area contributed by atoms with E-state index in [0.717, 1.165) is 12.1 Å². The lowest BCUT2D eigenvalue weighted by atomic mass is 10.0. The van der Waals surface area contributed by atoms with Crippen LogP contribution in [0.25, 0.3) is 5.69 Å². The first-order valence-electron chi connectivity index (χ1n) is 7.21. The van der Waals surface area contributed by atoms with Crippen molar-refractivity contribution in [2.45, 2.75) is 18.6 Å². The van der Waals surface area contributed by atoms with Gasteiger partial charge in [-0.05, 0) is 31.2 Å². The van der Waals surface area contributed by atoms with Gasteiger partial charge in [0.15, 0.2) is 17.3 Å². The first-order chi connectivity index (χ1) is 11.0. The number of nitrogens with zero attached hydrogens (tertiary/aromatic N) is 2. The summed E-state index contributed by atoms with van der Waals surface area (Å²) in [6.45, 7) is 0.836. The summed E-state index contributed by atoms with van der Waals surface area (Å²) in [6.07, 6.45) is 0.800. The van der Waals surface area contributed by atoms with Gasteiger partial charge in [0.1, 0.15) is 6.17 Å². The number of carbonyl (C=O) groups excluding carboxylic acids is 1. The molecule has 1 aliphatic heterocycles. The number of aromatic nitrogens is 2. The number of benzene rings is 1. The molecule has 2 atom stereocenters. The van der Waals surface area contributed by atoms with E-state index in [9.17, 15) is 18.0 Å². The lowest BCUT2D eigenvalue weighted by Gasteiger charge is -2.27. The second kappa shape index (κ2) is 6.41. The van der Waals surface area contributed by atoms with Crippen LogP contribution in [0.5, 0.6) is 0 Å². The van der Waals surface area contributed by atoms with Gasteiger partial charge in [-0.1, -0.05) is 0 Å². The van der Waals surface area contributed by atoms with E-state index in [-0.39, 0.29) is 17.9 Å². The largest absolute Gasteiger partial charge is 0.345 e. The van der Waals surface area contributed by atoms with Gasteiger partial charge in [0, 0.05) is 18.8 Å². The van der Waals surface area contributed by atoms with Crippen LogP contribution in [-0.2, 0) is 0 Å². The number of piperidine rings is 1. The third-order valence-electron chi connectivity index (χ3n) is 3.71. The molecule has 3 rings (SSSR count). The van der Waals surface area contributed by atoms with Gasteiger partial charge in [0.25, 0.3) is 5.91 Å². The van der Waals surface area contributed by atoms with E-state index in [2.05, 4.69) is 15.7 Å². The maximum Gasteiger partial charge on any atom is 0.272 e. The zero-order chi connectivity index (χ0) is 16.4. The average Bonchev–Trinajstić information content (AvgIpc) is 3.02. The predicted octanol–water partition coefficient (Wildman–Crippen LogP) is 1.58. The van der Waals surface area contributed by atoms with Gasteiger partial charge in [-0.15, -0.1) is 0 Å². The van der Waals surface area contributed by atoms with Crippen molar-refractivity contribution in [3.63, 3.8) is 0 Å². The predicted molar refractivity (Wildman–Crippen MR) is 77.1 cm³/mol. The number of carbonyl (C=O) groups is 1. The fourth-order valence-electron chi connectivity index (χ4n) is 2.44. The summed E-state index contributed by atoms with van der Waals surface area (Å²) < 4.78 is 41.1. The van der Waals surface area contributed by atoms with Gasteiger partial charge < -0.3 is 10.6 Å². The molecule has 2 aromatic rings. The molecule has 122 valence electrons. The number of nitrogens with one attached hydrogen (secondary N) is 2. The quantitative estimate of drug-likeness (QED) is 0.901. The highest BCUT2D eigenvalue weighted by Gasteiger charge is 2.26. The van der Waals surface area contributed by atoms with E-state index in [0.29, 0.717) is 13.0 Å². The molecule has 1 aromatic carbocycles. The molecule has 2 heterocycles. The Morgan fingerprint density at radius 1 is 1.30 bits per heavy atom. The minimum atomic E-state index is -1.15. The van der Waals surface area contributed by atoms with Crippen molar-refractivity contribution in [3.8, 4) is 5.69 Å². The van der Waals surface area contributed by atoms with Gasteiger partial charge in [0.05, 0.1) is 11.7 Å². The van der Waals surface area contributed by atoms with Crippen molar-refractivity contribution in [1.82, 2.24) is 20.4 Å². The number of alkyl halides is 1. The Hall–Kier alpha value is -2.35. The van der Waals surface area contributed by atoms with Crippen molar-refractivity contribution < 1.29 is 18.0 Å². The van der Waals surface area contributed by atoms with Crippen LogP contribution in [0.2, 0.25) is 0 Å². The smallest absolute Gasteiger partial charge is 0.272 e. The average molecular weight is 324 g/mol. The molecule has 0 saturated carbocycles. The summed E-state index contributed by atoms with van der Waals surface area (Å²) >= 11 is 0. The van der Waals surface area contributed by atoms with Crippen LogP contribution >= 0.6 is 0 Å². The molecular weight excluding hydrogens is 309 g/mol. The zero-order valence-corrected chi connectivity index (χ0v) is 12.1.